The predicted molar refractivity (Wildman–Crippen MR) is 55.3 cm³/mol. The van der Waals surface area contributed by atoms with Crippen molar-refractivity contribution in [2.45, 2.75) is 6.42 Å². The number of benzene rings is 1. The summed E-state index contributed by atoms with van der Waals surface area (Å²) in [6.07, 6.45) is 1.05. The molecule has 1 aliphatic rings. The van der Waals surface area contributed by atoms with Crippen molar-refractivity contribution in [3.05, 3.63) is 24.3 Å². The highest BCUT2D eigenvalue weighted by atomic mass is 16.5. The van der Waals surface area contributed by atoms with Crippen LogP contribution in [0, 0.1) is 5.92 Å². The van der Waals surface area contributed by atoms with Crippen molar-refractivity contribution < 1.29 is 9.47 Å². The number of ether oxygens (including phenoxy) is 2. The molecule has 0 unspecified atom stereocenters. The van der Waals surface area contributed by atoms with Crippen molar-refractivity contribution in [3.63, 3.8) is 0 Å². The van der Waals surface area contributed by atoms with E-state index in [9.17, 15) is 0 Å². The zero-order valence-corrected chi connectivity index (χ0v) is 8.11. The van der Waals surface area contributed by atoms with Crippen LogP contribution in [-0.4, -0.2) is 19.8 Å². The Balaban J connectivity index is 1.76. The first kappa shape index (κ1) is 9.34. The van der Waals surface area contributed by atoms with Gasteiger partial charge in [-0.25, -0.2) is 0 Å². The summed E-state index contributed by atoms with van der Waals surface area (Å²) in [4.78, 5) is 0. The molecule has 3 nitrogen and oxygen atoms in total. The van der Waals surface area contributed by atoms with Crippen molar-refractivity contribution in [1.29, 1.82) is 0 Å². The van der Waals surface area contributed by atoms with Crippen LogP contribution >= 0.6 is 0 Å². The Kier molecular flexibility index (Phi) is 2.89. The molecule has 0 amide bonds. The molecule has 1 heterocycles. The van der Waals surface area contributed by atoms with E-state index < -0.39 is 0 Å². The topological polar surface area (TPSA) is 44.5 Å². The minimum absolute atomic E-state index is 0.680. The molecule has 1 saturated heterocycles. The highest BCUT2D eigenvalue weighted by Crippen LogP contribution is 2.21. The molecular formula is C11H15NO2. The number of hydrogen-bond donors (Lipinski definition) is 1. The molecule has 2 rings (SSSR count). The summed E-state index contributed by atoms with van der Waals surface area (Å²) in [5, 5.41) is 0. The van der Waals surface area contributed by atoms with Crippen molar-refractivity contribution in [1.82, 2.24) is 0 Å². The lowest BCUT2D eigenvalue weighted by Crippen LogP contribution is -2.28. The second kappa shape index (κ2) is 4.33. The number of rotatable bonds is 4. The fourth-order valence-electron chi connectivity index (χ4n) is 1.40. The molecule has 0 radical (unpaired) electrons. The van der Waals surface area contributed by atoms with E-state index in [0.717, 1.165) is 32.0 Å². The molecule has 0 saturated carbocycles. The predicted octanol–water partition coefficient (Wildman–Crippen LogP) is 1.68. The molecule has 1 aromatic carbocycles. The molecule has 0 atom stereocenters. The fourth-order valence-corrected chi connectivity index (χ4v) is 1.40. The van der Waals surface area contributed by atoms with Crippen molar-refractivity contribution >= 4 is 5.69 Å². The maximum Gasteiger partial charge on any atom is 0.142 e. The third-order valence-corrected chi connectivity index (χ3v) is 2.41. The standard InChI is InChI=1S/C11H15NO2/c12-10-3-1-2-4-11(10)14-6-5-9-7-13-8-9/h1-4,9H,5-8,12H2. The normalized spacial score (nSPS) is 16.3. The van der Waals surface area contributed by atoms with E-state index in [1.54, 1.807) is 0 Å². The number of nitrogens with two attached hydrogens (primary N) is 1. The second-order valence-electron chi connectivity index (χ2n) is 3.58. The van der Waals surface area contributed by atoms with Crippen LogP contribution in [0.4, 0.5) is 5.69 Å². The molecule has 1 aromatic rings. The zero-order valence-electron chi connectivity index (χ0n) is 8.11. The van der Waals surface area contributed by atoms with Crippen LogP contribution in [0.3, 0.4) is 0 Å². The van der Waals surface area contributed by atoms with Crippen LogP contribution in [0.15, 0.2) is 24.3 Å². The SMILES string of the molecule is Nc1ccccc1OCCC1COC1. The molecular weight excluding hydrogens is 178 g/mol. The Hall–Kier alpha value is -1.22. The Morgan fingerprint density at radius 3 is 2.79 bits per heavy atom. The number of anilines is 1. The number of para-hydroxylation sites is 2. The zero-order chi connectivity index (χ0) is 9.80. The molecule has 1 fully saturated rings. The second-order valence-corrected chi connectivity index (χ2v) is 3.58. The summed E-state index contributed by atoms with van der Waals surface area (Å²) in [5.41, 5.74) is 6.44. The van der Waals surface area contributed by atoms with Crippen LogP contribution in [0.25, 0.3) is 0 Å². The van der Waals surface area contributed by atoms with Crippen LogP contribution in [0.2, 0.25) is 0 Å². The summed E-state index contributed by atoms with van der Waals surface area (Å²) in [7, 11) is 0. The van der Waals surface area contributed by atoms with E-state index in [4.69, 9.17) is 15.2 Å². The lowest BCUT2D eigenvalue weighted by molar-refractivity contribution is -0.0401. The Bertz CT molecular complexity index is 297. The van der Waals surface area contributed by atoms with Gasteiger partial charge in [-0.1, -0.05) is 12.1 Å². The van der Waals surface area contributed by atoms with Gasteiger partial charge in [0.05, 0.1) is 25.5 Å². The summed E-state index contributed by atoms with van der Waals surface area (Å²) < 4.78 is 10.6. The van der Waals surface area contributed by atoms with Crippen molar-refractivity contribution in [2.75, 3.05) is 25.6 Å². The van der Waals surface area contributed by atoms with Gasteiger partial charge in [-0.05, 0) is 18.6 Å². The summed E-state index contributed by atoms with van der Waals surface area (Å²) in [5.74, 6) is 1.47. The lowest BCUT2D eigenvalue weighted by Gasteiger charge is -2.25. The van der Waals surface area contributed by atoms with Crippen molar-refractivity contribution in [2.24, 2.45) is 5.92 Å². The molecule has 0 aromatic heterocycles. The summed E-state index contributed by atoms with van der Waals surface area (Å²) in [6.45, 7) is 2.49. The fraction of sp³-hybridized carbons (Fsp3) is 0.455. The quantitative estimate of drug-likeness (QED) is 0.740. The van der Waals surface area contributed by atoms with Gasteiger partial charge in [-0.3, -0.25) is 0 Å². The van der Waals surface area contributed by atoms with E-state index in [2.05, 4.69) is 0 Å². The average Bonchev–Trinajstić information content (AvgIpc) is 2.12. The van der Waals surface area contributed by atoms with E-state index in [1.165, 1.54) is 0 Å². The van der Waals surface area contributed by atoms with Crippen LogP contribution in [0.1, 0.15) is 6.42 Å². The largest absolute Gasteiger partial charge is 0.491 e. The smallest absolute Gasteiger partial charge is 0.142 e. The van der Waals surface area contributed by atoms with Crippen LogP contribution in [0.5, 0.6) is 5.75 Å². The number of hydrogen-bond acceptors (Lipinski definition) is 3. The summed E-state index contributed by atoms with van der Waals surface area (Å²) in [6, 6.07) is 7.58. The molecule has 3 heteroatoms. The third kappa shape index (κ3) is 2.17. The van der Waals surface area contributed by atoms with Crippen LogP contribution in [-0.2, 0) is 4.74 Å². The van der Waals surface area contributed by atoms with Gasteiger partial charge in [0.25, 0.3) is 0 Å². The lowest BCUT2D eigenvalue weighted by atomic mass is 10.1. The molecule has 0 aliphatic carbocycles. The van der Waals surface area contributed by atoms with Gasteiger partial charge in [0.2, 0.25) is 0 Å². The van der Waals surface area contributed by atoms with Gasteiger partial charge < -0.3 is 15.2 Å². The maximum absolute atomic E-state index is 5.73. The molecule has 14 heavy (non-hydrogen) atoms. The number of nitrogen functional groups attached to an aromatic ring is 1. The average molecular weight is 193 g/mol. The highest BCUT2D eigenvalue weighted by molar-refractivity contribution is 5.51. The molecule has 2 N–H and O–H groups in total. The van der Waals surface area contributed by atoms with Gasteiger partial charge in [0, 0.05) is 5.92 Å². The first-order valence-corrected chi connectivity index (χ1v) is 4.91. The van der Waals surface area contributed by atoms with Crippen molar-refractivity contribution in [3.8, 4) is 5.75 Å². The highest BCUT2D eigenvalue weighted by Gasteiger charge is 2.17. The molecule has 76 valence electrons. The van der Waals surface area contributed by atoms with Gasteiger partial charge in [0.1, 0.15) is 5.75 Å². The monoisotopic (exact) mass is 193 g/mol. The van der Waals surface area contributed by atoms with Gasteiger partial charge in [-0.2, -0.15) is 0 Å². The first-order chi connectivity index (χ1) is 6.86. The summed E-state index contributed by atoms with van der Waals surface area (Å²) >= 11 is 0. The minimum atomic E-state index is 0.680. The van der Waals surface area contributed by atoms with E-state index in [1.807, 2.05) is 24.3 Å². The van der Waals surface area contributed by atoms with E-state index in [0.29, 0.717) is 11.6 Å². The van der Waals surface area contributed by atoms with Crippen LogP contribution < -0.4 is 10.5 Å². The molecule has 0 spiro atoms. The third-order valence-electron chi connectivity index (χ3n) is 2.41. The molecule has 0 bridgehead atoms. The molecule has 1 aliphatic heterocycles. The minimum Gasteiger partial charge on any atom is -0.491 e. The van der Waals surface area contributed by atoms with Gasteiger partial charge >= 0.3 is 0 Å². The van der Waals surface area contributed by atoms with Gasteiger partial charge in [0.15, 0.2) is 0 Å². The van der Waals surface area contributed by atoms with E-state index in [-0.39, 0.29) is 0 Å². The Labute approximate surface area is 83.8 Å². The Morgan fingerprint density at radius 1 is 1.36 bits per heavy atom. The Morgan fingerprint density at radius 2 is 2.14 bits per heavy atom. The van der Waals surface area contributed by atoms with Gasteiger partial charge in [-0.15, -0.1) is 0 Å². The van der Waals surface area contributed by atoms with E-state index >= 15 is 0 Å². The maximum atomic E-state index is 5.73. The first-order valence-electron chi connectivity index (χ1n) is 4.91.